The minimum atomic E-state index is 0.773. The van der Waals surface area contributed by atoms with Crippen molar-refractivity contribution in [2.24, 2.45) is 5.92 Å². The van der Waals surface area contributed by atoms with Crippen LogP contribution in [0.15, 0.2) is 18.2 Å². The molecule has 1 heterocycles. The largest absolute Gasteiger partial charge is 0.397 e. The van der Waals surface area contributed by atoms with Crippen molar-refractivity contribution in [3.63, 3.8) is 0 Å². The van der Waals surface area contributed by atoms with Crippen molar-refractivity contribution in [2.45, 2.75) is 26.2 Å². The highest BCUT2D eigenvalue weighted by molar-refractivity contribution is 6.34. The number of hydrogen-bond acceptors (Lipinski definition) is 2. The second-order valence-electron chi connectivity index (χ2n) is 4.52. The molecule has 0 amide bonds. The van der Waals surface area contributed by atoms with Gasteiger partial charge in [-0.3, -0.25) is 0 Å². The average molecular weight is 239 g/mol. The zero-order valence-corrected chi connectivity index (χ0v) is 10.5. The highest BCUT2D eigenvalue weighted by atomic mass is 35.5. The van der Waals surface area contributed by atoms with E-state index in [9.17, 15) is 0 Å². The third kappa shape index (κ3) is 2.27. The predicted molar refractivity (Wildman–Crippen MR) is 71.1 cm³/mol. The maximum absolute atomic E-state index is 6.21. The van der Waals surface area contributed by atoms with Crippen LogP contribution in [0.1, 0.15) is 26.2 Å². The Labute approximate surface area is 102 Å². The van der Waals surface area contributed by atoms with Crippen molar-refractivity contribution >= 4 is 23.0 Å². The monoisotopic (exact) mass is 238 g/mol. The van der Waals surface area contributed by atoms with Crippen LogP contribution in [-0.2, 0) is 0 Å². The maximum Gasteiger partial charge on any atom is 0.0789 e. The number of nitrogens with two attached hydrogens (primary N) is 1. The first-order valence-corrected chi connectivity index (χ1v) is 6.39. The summed E-state index contributed by atoms with van der Waals surface area (Å²) in [5, 5.41) is 0.773. The summed E-state index contributed by atoms with van der Waals surface area (Å²) in [4.78, 5) is 2.32. The number of rotatable bonds is 2. The Hall–Kier alpha value is -0.890. The number of nitrogen functional groups attached to an aromatic ring is 1. The number of para-hydroxylation sites is 1. The SMILES string of the molecule is CCC1CCN(c2c(N)cccc2Cl)CC1. The molecule has 0 spiro atoms. The highest BCUT2D eigenvalue weighted by Crippen LogP contribution is 2.34. The molecular weight excluding hydrogens is 220 g/mol. The average Bonchev–Trinajstić information content (AvgIpc) is 2.30. The van der Waals surface area contributed by atoms with E-state index in [2.05, 4.69) is 11.8 Å². The first-order valence-electron chi connectivity index (χ1n) is 6.01. The molecular formula is C13H19ClN2. The Kier molecular flexibility index (Phi) is 3.59. The fourth-order valence-electron chi connectivity index (χ4n) is 2.43. The van der Waals surface area contributed by atoms with Gasteiger partial charge in [0.25, 0.3) is 0 Å². The molecule has 88 valence electrons. The number of nitrogens with zero attached hydrogens (tertiary/aromatic N) is 1. The summed E-state index contributed by atoms with van der Waals surface area (Å²) in [5.41, 5.74) is 7.81. The van der Waals surface area contributed by atoms with Crippen LogP contribution in [0.4, 0.5) is 11.4 Å². The lowest BCUT2D eigenvalue weighted by Crippen LogP contribution is -2.34. The molecule has 2 rings (SSSR count). The zero-order valence-electron chi connectivity index (χ0n) is 9.75. The Morgan fingerprint density at radius 3 is 2.62 bits per heavy atom. The molecule has 0 aromatic heterocycles. The van der Waals surface area contributed by atoms with Gasteiger partial charge in [0.15, 0.2) is 0 Å². The third-order valence-corrected chi connectivity index (χ3v) is 3.83. The van der Waals surface area contributed by atoms with E-state index in [1.807, 2.05) is 18.2 Å². The lowest BCUT2D eigenvalue weighted by atomic mass is 9.94. The van der Waals surface area contributed by atoms with Crippen molar-refractivity contribution in [1.29, 1.82) is 0 Å². The Morgan fingerprint density at radius 1 is 1.38 bits per heavy atom. The fourth-order valence-corrected chi connectivity index (χ4v) is 2.73. The molecule has 1 aromatic carbocycles. The third-order valence-electron chi connectivity index (χ3n) is 3.53. The van der Waals surface area contributed by atoms with Crippen molar-refractivity contribution in [3.05, 3.63) is 23.2 Å². The van der Waals surface area contributed by atoms with Crippen LogP contribution >= 0.6 is 11.6 Å². The van der Waals surface area contributed by atoms with Crippen LogP contribution in [-0.4, -0.2) is 13.1 Å². The van der Waals surface area contributed by atoms with Gasteiger partial charge < -0.3 is 10.6 Å². The van der Waals surface area contributed by atoms with Gasteiger partial charge in [0.05, 0.1) is 16.4 Å². The topological polar surface area (TPSA) is 29.3 Å². The van der Waals surface area contributed by atoms with E-state index in [0.29, 0.717) is 0 Å². The van der Waals surface area contributed by atoms with Gasteiger partial charge in [0.2, 0.25) is 0 Å². The Morgan fingerprint density at radius 2 is 2.06 bits per heavy atom. The standard InChI is InChI=1S/C13H19ClN2/c1-2-10-6-8-16(9-7-10)13-11(14)4-3-5-12(13)15/h3-5,10H,2,6-9,15H2,1H3. The molecule has 0 atom stereocenters. The van der Waals surface area contributed by atoms with Gasteiger partial charge in [-0.1, -0.05) is 31.0 Å². The van der Waals surface area contributed by atoms with Crippen LogP contribution in [0.3, 0.4) is 0 Å². The van der Waals surface area contributed by atoms with Gasteiger partial charge in [-0.25, -0.2) is 0 Å². The second kappa shape index (κ2) is 4.96. The lowest BCUT2D eigenvalue weighted by Gasteiger charge is -2.34. The van der Waals surface area contributed by atoms with Gasteiger partial charge >= 0.3 is 0 Å². The number of anilines is 2. The quantitative estimate of drug-likeness (QED) is 0.799. The van der Waals surface area contributed by atoms with Crippen molar-refractivity contribution < 1.29 is 0 Å². The zero-order chi connectivity index (χ0) is 11.5. The molecule has 1 aliphatic heterocycles. The highest BCUT2D eigenvalue weighted by Gasteiger charge is 2.20. The van der Waals surface area contributed by atoms with E-state index in [0.717, 1.165) is 35.4 Å². The van der Waals surface area contributed by atoms with Crippen LogP contribution in [0.2, 0.25) is 5.02 Å². The summed E-state index contributed by atoms with van der Waals surface area (Å²) >= 11 is 6.21. The van der Waals surface area contributed by atoms with Crippen LogP contribution in [0.5, 0.6) is 0 Å². The van der Waals surface area contributed by atoms with E-state index in [4.69, 9.17) is 17.3 Å². The number of piperidine rings is 1. The van der Waals surface area contributed by atoms with Gasteiger partial charge in [0, 0.05) is 13.1 Å². The van der Waals surface area contributed by atoms with Gasteiger partial charge in [-0.15, -0.1) is 0 Å². The lowest BCUT2D eigenvalue weighted by molar-refractivity contribution is 0.395. The van der Waals surface area contributed by atoms with E-state index in [1.54, 1.807) is 0 Å². The smallest absolute Gasteiger partial charge is 0.0789 e. The molecule has 16 heavy (non-hydrogen) atoms. The summed E-state index contributed by atoms with van der Waals surface area (Å²) in [7, 11) is 0. The maximum atomic E-state index is 6.21. The van der Waals surface area contributed by atoms with Gasteiger partial charge in [-0.05, 0) is 30.9 Å². The van der Waals surface area contributed by atoms with Crippen LogP contribution in [0, 0.1) is 5.92 Å². The molecule has 0 unspecified atom stereocenters. The van der Waals surface area contributed by atoms with E-state index < -0.39 is 0 Å². The molecule has 0 radical (unpaired) electrons. The summed E-state index contributed by atoms with van der Waals surface area (Å²) < 4.78 is 0. The molecule has 1 fully saturated rings. The summed E-state index contributed by atoms with van der Waals surface area (Å²) in [6.45, 7) is 4.42. The Balaban J connectivity index is 2.14. The van der Waals surface area contributed by atoms with Crippen LogP contribution in [0.25, 0.3) is 0 Å². The minimum absolute atomic E-state index is 0.773. The predicted octanol–water partition coefficient (Wildman–Crippen LogP) is 3.55. The molecule has 0 bridgehead atoms. The molecule has 2 nitrogen and oxygen atoms in total. The molecule has 1 aliphatic rings. The second-order valence-corrected chi connectivity index (χ2v) is 4.92. The first kappa shape index (κ1) is 11.6. The van der Waals surface area contributed by atoms with E-state index in [-0.39, 0.29) is 0 Å². The van der Waals surface area contributed by atoms with Gasteiger partial charge in [-0.2, -0.15) is 0 Å². The number of hydrogen-bond donors (Lipinski definition) is 1. The molecule has 0 aliphatic carbocycles. The molecule has 1 aromatic rings. The van der Waals surface area contributed by atoms with E-state index in [1.165, 1.54) is 19.3 Å². The molecule has 2 N–H and O–H groups in total. The summed E-state index contributed by atoms with van der Waals surface area (Å²) in [5.74, 6) is 0.875. The number of halogens is 1. The van der Waals surface area contributed by atoms with Crippen molar-refractivity contribution in [3.8, 4) is 0 Å². The number of benzene rings is 1. The van der Waals surface area contributed by atoms with Crippen molar-refractivity contribution in [2.75, 3.05) is 23.7 Å². The van der Waals surface area contributed by atoms with Crippen molar-refractivity contribution in [1.82, 2.24) is 0 Å². The first-order chi connectivity index (χ1) is 7.72. The minimum Gasteiger partial charge on any atom is -0.397 e. The fraction of sp³-hybridized carbons (Fsp3) is 0.538. The van der Waals surface area contributed by atoms with Gasteiger partial charge in [0.1, 0.15) is 0 Å². The Bertz CT molecular complexity index is 337. The summed E-state index contributed by atoms with van der Waals surface area (Å²) in [6, 6.07) is 5.74. The summed E-state index contributed by atoms with van der Waals surface area (Å²) in [6.07, 6.45) is 3.79. The van der Waals surface area contributed by atoms with E-state index >= 15 is 0 Å². The normalized spacial score (nSPS) is 17.8. The molecule has 3 heteroatoms. The molecule has 0 saturated carbocycles. The van der Waals surface area contributed by atoms with Crippen LogP contribution < -0.4 is 10.6 Å². The molecule has 1 saturated heterocycles.